The molecule has 1 N–H and O–H groups in total. The molecule has 1 saturated heterocycles. The van der Waals surface area contributed by atoms with E-state index in [4.69, 9.17) is 9.97 Å². The van der Waals surface area contributed by atoms with Crippen LogP contribution < -0.4 is 5.32 Å². The number of hydrogen-bond acceptors (Lipinski definition) is 6. The summed E-state index contributed by atoms with van der Waals surface area (Å²) in [6.07, 6.45) is 8.22. The molecule has 1 aromatic heterocycles. The number of benzene rings is 2. The van der Waals surface area contributed by atoms with Crippen LogP contribution in [0.5, 0.6) is 0 Å². The summed E-state index contributed by atoms with van der Waals surface area (Å²) in [7, 11) is -3.49. The van der Waals surface area contributed by atoms with Crippen molar-refractivity contribution in [1.29, 1.82) is 0 Å². The Balaban J connectivity index is 1.29. The van der Waals surface area contributed by atoms with E-state index in [9.17, 15) is 8.42 Å². The molecule has 2 aliphatic rings. The van der Waals surface area contributed by atoms with Crippen LogP contribution >= 0.6 is 0 Å². The lowest BCUT2D eigenvalue weighted by atomic mass is 9.95. The Kier molecular flexibility index (Phi) is 8.07. The average molecular weight is 522 g/mol. The quantitative estimate of drug-likeness (QED) is 0.428. The zero-order valence-corrected chi connectivity index (χ0v) is 22.9. The van der Waals surface area contributed by atoms with Gasteiger partial charge in [0, 0.05) is 37.6 Å². The minimum atomic E-state index is -3.49. The number of fused-ring (bicyclic) bond motifs is 1. The lowest BCUT2D eigenvalue weighted by molar-refractivity contribution is 0.141. The highest BCUT2D eigenvalue weighted by molar-refractivity contribution is 7.89. The Hall–Kier alpha value is -2.55. The smallest absolute Gasteiger partial charge is 0.243 e. The molecule has 2 aromatic carbocycles. The van der Waals surface area contributed by atoms with Crippen molar-refractivity contribution in [3.05, 3.63) is 59.9 Å². The van der Waals surface area contributed by atoms with E-state index in [1.165, 1.54) is 37.7 Å². The van der Waals surface area contributed by atoms with Gasteiger partial charge in [0.15, 0.2) is 0 Å². The molecule has 1 saturated carbocycles. The van der Waals surface area contributed by atoms with Crippen LogP contribution in [0, 0.1) is 0 Å². The topological polar surface area (TPSA) is 78.4 Å². The SMILES string of the molecule is CCCc1ccc(S(=O)(=O)N2CCN([C@@H](C)c3nc(NC4CCCCC4)c4ccccc4n3)CC2)cc1. The summed E-state index contributed by atoms with van der Waals surface area (Å²) in [5.74, 6) is 1.71. The first-order chi connectivity index (χ1) is 18.0. The van der Waals surface area contributed by atoms with E-state index in [0.29, 0.717) is 37.1 Å². The molecule has 3 aromatic rings. The molecule has 0 spiro atoms. The Morgan fingerprint density at radius 3 is 2.35 bits per heavy atom. The number of hydrogen-bond donors (Lipinski definition) is 1. The third-order valence-electron chi connectivity index (χ3n) is 7.86. The molecule has 8 heteroatoms. The van der Waals surface area contributed by atoms with E-state index >= 15 is 0 Å². The molecule has 1 aliphatic carbocycles. The van der Waals surface area contributed by atoms with Gasteiger partial charge in [0.2, 0.25) is 10.0 Å². The summed E-state index contributed by atoms with van der Waals surface area (Å²) < 4.78 is 28.1. The van der Waals surface area contributed by atoms with Crippen LogP contribution in [-0.2, 0) is 16.4 Å². The lowest BCUT2D eigenvalue weighted by Gasteiger charge is -2.37. The zero-order chi connectivity index (χ0) is 25.8. The molecular formula is C29H39N5O2S. The molecule has 7 nitrogen and oxygen atoms in total. The maximum atomic E-state index is 13.3. The maximum absolute atomic E-state index is 13.3. The van der Waals surface area contributed by atoms with Gasteiger partial charge in [-0.15, -0.1) is 0 Å². The van der Waals surface area contributed by atoms with Gasteiger partial charge in [-0.25, -0.2) is 18.4 Å². The molecule has 2 fully saturated rings. The summed E-state index contributed by atoms with van der Waals surface area (Å²) in [5, 5.41) is 4.78. The largest absolute Gasteiger partial charge is 0.367 e. The van der Waals surface area contributed by atoms with Crippen molar-refractivity contribution < 1.29 is 8.42 Å². The van der Waals surface area contributed by atoms with Crippen LogP contribution in [0.3, 0.4) is 0 Å². The Labute approximate surface area is 221 Å². The molecule has 0 radical (unpaired) electrons. The minimum Gasteiger partial charge on any atom is -0.367 e. The second-order valence-corrected chi connectivity index (χ2v) is 12.4. The van der Waals surface area contributed by atoms with Crippen molar-refractivity contribution in [3.63, 3.8) is 0 Å². The van der Waals surface area contributed by atoms with Crippen molar-refractivity contribution in [2.24, 2.45) is 0 Å². The number of aromatic nitrogens is 2. The lowest BCUT2D eigenvalue weighted by Crippen LogP contribution is -2.49. The van der Waals surface area contributed by atoms with E-state index < -0.39 is 10.0 Å². The van der Waals surface area contributed by atoms with Crippen LogP contribution in [0.1, 0.15) is 69.8 Å². The Morgan fingerprint density at radius 2 is 1.65 bits per heavy atom. The third kappa shape index (κ3) is 5.81. The van der Waals surface area contributed by atoms with E-state index in [1.807, 2.05) is 24.3 Å². The molecule has 0 bridgehead atoms. The highest BCUT2D eigenvalue weighted by Crippen LogP contribution is 2.29. The van der Waals surface area contributed by atoms with E-state index in [1.54, 1.807) is 16.4 Å². The highest BCUT2D eigenvalue weighted by Gasteiger charge is 2.31. The van der Waals surface area contributed by atoms with Gasteiger partial charge in [-0.2, -0.15) is 4.31 Å². The molecule has 2 heterocycles. The average Bonchev–Trinajstić information content (AvgIpc) is 2.94. The second kappa shape index (κ2) is 11.5. The van der Waals surface area contributed by atoms with Gasteiger partial charge >= 0.3 is 0 Å². The normalized spacial score (nSPS) is 19.2. The molecule has 5 rings (SSSR count). The number of sulfonamides is 1. The van der Waals surface area contributed by atoms with E-state index in [-0.39, 0.29) is 6.04 Å². The van der Waals surface area contributed by atoms with E-state index in [2.05, 4.69) is 36.2 Å². The number of nitrogens with zero attached hydrogens (tertiary/aromatic N) is 4. The van der Waals surface area contributed by atoms with Gasteiger partial charge in [0.1, 0.15) is 11.6 Å². The third-order valence-corrected chi connectivity index (χ3v) is 9.77. The first-order valence-electron chi connectivity index (χ1n) is 13.8. The van der Waals surface area contributed by atoms with Crippen LogP contribution in [0.4, 0.5) is 5.82 Å². The maximum Gasteiger partial charge on any atom is 0.243 e. The fourth-order valence-electron chi connectivity index (χ4n) is 5.59. The van der Waals surface area contributed by atoms with Gasteiger partial charge in [-0.05, 0) is 56.0 Å². The van der Waals surface area contributed by atoms with E-state index in [0.717, 1.165) is 35.4 Å². The summed E-state index contributed by atoms with van der Waals surface area (Å²) >= 11 is 0. The predicted molar refractivity (Wildman–Crippen MR) is 149 cm³/mol. The molecule has 1 aliphatic heterocycles. The van der Waals surface area contributed by atoms with Gasteiger partial charge in [-0.1, -0.05) is 56.9 Å². The molecule has 198 valence electrons. The van der Waals surface area contributed by atoms with Gasteiger partial charge < -0.3 is 5.32 Å². The van der Waals surface area contributed by atoms with Crippen molar-refractivity contribution in [2.45, 2.75) is 75.8 Å². The van der Waals surface area contributed by atoms with Crippen molar-refractivity contribution >= 4 is 26.7 Å². The van der Waals surface area contributed by atoms with Crippen LogP contribution in [0.25, 0.3) is 10.9 Å². The van der Waals surface area contributed by atoms with Crippen molar-refractivity contribution in [3.8, 4) is 0 Å². The van der Waals surface area contributed by atoms with Gasteiger partial charge in [-0.3, -0.25) is 4.90 Å². The number of aryl methyl sites for hydroxylation is 1. The fourth-order valence-corrected chi connectivity index (χ4v) is 7.01. The summed E-state index contributed by atoms with van der Waals surface area (Å²) in [6, 6.07) is 16.0. The van der Waals surface area contributed by atoms with Crippen LogP contribution in [0.2, 0.25) is 0 Å². The number of para-hydroxylation sites is 1. The standard InChI is InChI=1S/C29H39N5O2S/c1-3-9-23-14-16-25(17-15-23)37(35,36)34-20-18-33(19-21-34)22(2)28-31-27-13-8-7-12-26(27)29(32-28)30-24-10-5-4-6-11-24/h7-8,12-17,22,24H,3-6,9-11,18-21H2,1-2H3,(H,30,31,32)/t22-/m0/s1. The monoisotopic (exact) mass is 521 g/mol. The minimum absolute atomic E-state index is 0.00491. The van der Waals surface area contributed by atoms with Crippen molar-refractivity contribution in [2.75, 3.05) is 31.5 Å². The first-order valence-corrected chi connectivity index (χ1v) is 15.3. The van der Waals surface area contributed by atoms with Crippen molar-refractivity contribution in [1.82, 2.24) is 19.2 Å². The Morgan fingerprint density at radius 1 is 0.946 bits per heavy atom. The number of anilines is 1. The second-order valence-electron chi connectivity index (χ2n) is 10.4. The molecule has 0 unspecified atom stereocenters. The fraction of sp³-hybridized carbons (Fsp3) is 0.517. The predicted octanol–water partition coefficient (Wildman–Crippen LogP) is 5.39. The van der Waals surface area contributed by atoms with Crippen LogP contribution in [-0.4, -0.2) is 59.8 Å². The summed E-state index contributed by atoms with van der Waals surface area (Å²) in [5.41, 5.74) is 2.12. The van der Waals surface area contributed by atoms with Gasteiger partial charge in [0.05, 0.1) is 16.5 Å². The molecule has 0 amide bonds. The number of piperazine rings is 1. The number of rotatable bonds is 8. The zero-order valence-electron chi connectivity index (χ0n) is 22.1. The molecule has 1 atom stereocenters. The summed E-state index contributed by atoms with van der Waals surface area (Å²) in [6.45, 7) is 6.48. The molecule has 37 heavy (non-hydrogen) atoms. The van der Waals surface area contributed by atoms with Gasteiger partial charge in [0.25, 0.3) is 0 Å². The first kappa shape index (κ1) is 26.1. The number of nitrogens with one attached hydrogen (secondary N) is 1. The summed E-state index contributed by atoms with van der Waals surface area (Å²) in [4.78, 5) is 12.6. The van der Waals surface area contributed by atoms with Crippen LogP contribution in [0.15, 0.2) is 53.4 Å². The molecular weight excluding hydrogens is 482 g/mol. The Bertz CT molecular complexity index is 1300. The highest BCUT2D eigenvalue weighted by atomic mass is 32.2.